The molecule has 0 aromatic heterocycles. The summed E-state index contributed by atoms with van der Waals surface area (Å²) in [4.78, 5) is 23.2. The van der Waals surface area contributed by atoms with Crippen molar-refractivity contribution in [2.45, 2.75) is 11.8 Å². The lowest BCUT2D eigenvalue weighted by Gasteiger charge is -2.26. The van der Waals surface area contributed by atoms with E-state index in [-0.39, 0.29) is 24.6 Å². The van der Waals surface area contributed by atoms with Gasteiger partial charge in [0, 0.05) is 25.9 Å². The fourth-order valence-electron chi connectivity index (χ4n) is 2.32. The summed E-state index contributed by atoms with van der Waals surface area (Å²) in [6, 6.07) is 4.50. The zero-order valence-electron chi connectivity index (χ0n) is 14.7. The molecule has 9 nitrogen and oxygen atoms in total. The number of ether oxygens (including phenoxy) is 3. The van der Waals surface area contributed by atoms with Gasteiger partial charge in [0.05, 0.1) is 18.1 Å². The second-order valence-electron chi connectivity index (χ2n) is 5.64. The first-order valence-corrected chi connectivity index (χ1v) is 9.41. The molecular weight excluding hydrogens is 364 g/mol. The molecule has 1 aliphatic rings. The van der Waals surface area contributed by atoms with Gasteiger partial charge in [0.2, 0.25) is 10.0 Å². The van der Waals surface area contributed by atoms with Crippen LogP contribution < -0.4 is 5.32 Å². The Balaban J connectivity index is 2.09. The van der Waals surface area contributed by atoms with Gasteiger partial charge in [-0.3, -0.25) is 4.79 Å². The molecule has 1 amide bonds. The van der Waals surface area contributed by atoms with E-state index >= 15 is 0 Å². The Labute approximate surface area is 152 Å². The molecule has 1 aromatic carbocycles. The summed E-state index contributed by atoms with van der Waals surface area (Å²) in [7, 11) is -2.33. The van der Waals surface area contributed by atoms with Gasteiger partial charge in [-0.15, -0.1) is 0 Å². The smallest absolute Gasteiger partial charge is 0.332 e. The lowest BCUT2D eigenvalue weighted by molar-refractivity contribution is -0.150. The van der Waals surface area contributed by atoms with E-state index in [1.807, 2.05) is 0 Å². The first kappa shape index (κ1) is 20.3. The van der Waals surface area contributed by atoms with E-state index in [1.54, 1.807) is 13.0 Å². The highest BCUT2D eigenvalue weighted by Crippen LogP contribution is 2.23. The molecular formula is C16H22N2O7S. The average molecular weight is 386 g/mol. The molecule has 0 bridgehead atoms. The third kappa shape index (κ3) is 5.24. The molecule has 0 radical (unpaired) electrons. The molecule has 2 rings (SSSR count). The maximum atomic E-state index is 12.7. The third-order valence-electron chi connectivity index (χ3n) is 3.72. The second-order valence-corrected chi connectivity index (χ2v) is 7.57. The maximum absolute atomic E-state index is 12.7. The summed E-state index contributed by atoms with van der Waals surface area (Å²) in [5.74, 6) is -1.23. The molecule has 1 heterocycles. The summed E-state index contributed by atoms with van der Waals surface area (Å²) in [5.41, 5.74) is 1.02. The Bertz CT molecular complexity index is 758. The third-order valence-corrected chi connectivity index (χ3v) is 5.61. The van der Waals surface area contributed by atoms with E-state index in [4.69, 9.17) is 9.47 Å². The van der Waals surface area contributed by atoms with Crippen molar-refractivity contribution in [1.29, 1.82) is 0 Å². The molecule has 1 aliphatic heterocycles. The highest BCUT2D eigenvalue weighted by Gasteiger charge is 2.26. The van der Waals surface area contributed by atoms with Gasteiger partial charge in [0.1, 0.15) is 6.61 Å². The normalized spacial score (nSPS) is 15.5. The number of rotatable bonds is 7. The fourth-order valence-corrected chi connectivity index (χ4v) is 3.76. The van der Waals surface area contributed by atoms with Crippen LogP contribution in [0, 0.1) is 6.92 Å². The first-order valence-electron chi connectivity index (χ1n) is 7.97. The summed E-state index contributed by atoms with van der Waals surface area (Å²) in [5, 5.41) is 2.56. The van der Waals surface area contributed by atoms with E-state index in [1.165, 1.54) is 23.5 Å². The topological polar surface area (TPSA) is 111 Å². The van der Waals surface area contributed by atoms with Crippen molar-refractivity contribution in [3.63, 3.8) is 0 Å². The van der Waals surface area contributed by atoms with Crippen molar-refractivity contribution in [3.8, 4) is 0 Å². The highest BCUT2D eigenvalue weighted by atomic mass is 32.2. The van der Waals surface area contributed by atoms with Crippen LogP contribution in [0.15, 0.2) is 23.1 Å². The van der Waals surface area contributed by atoms with Crippen LogP contribution in [0.3, 0.4) is 0 Å². The molecule has 0 unspecified atom stereocenters. The zero-order valence-corrected chi connectivity index (χ0v) is 15.5. The number of hydrogen-bond acceptors (Lipinski definition) is 7. The number of amides is 1. The number of sulfonamides is 1. The van der Waals surface area contributed by atoms with E-state index in [9.17, 15) is 18.0 Å². The average Bonchev–Trinajstić information content (AvgIpc) is 2.62. The molecule has 144 valence electrons. The van der Waals surface area contributed by atoms with Crippen LogP contribution in [-0.4, -0.2) is 71.2 Å². The molecule has 10 heteroatoms. The van der Waals surface area contributed by atoms with Crippen molar-refractivity contribution >= 4 is 27.6 Å². The van der Waals surface area contributed by atoms with Gasteiger partial charge in [-0.25, -0.2) is 13.2 Å². The summed E-state index contributed by atoms with van der Waals surface area (Å²) >= 11 is 0. The number of nitrogens with one attached hydrogen (secondary N) is 1. The summed E-state index contributed by atoms with van der Waals surface area (Å²) in [6.07, 6.45) is 0. The number of esters is 1. The van der Waals surface area contributed by atoms with E-state index in [0.717, 1.165) is 0 Å². The Morgan fingerprint density at radius 1 is 1.23 bits per heavy atom. The number of carbonyl (C=O) groups excluding carboxylic acids is 2. The number of hydrogen-bond donors (Lipinski definition) is 1. The lowest BCUT2D eigenvalue weighted by atomic mass is 10.2. The Morgan fingerprint density at radius 2 is 1.92 bits per heavy atom. The largest absolute Gasteiger partial charge is 0.454 e. The summed E-state index contributed by atoms with van der Waals surface area (Å²) < 4.78 is 41.2. The predicted molar refractivity (Wildman–Crippen MR) is 92.2 cm³/mol. The van der Waals surface area contributed by atoms with Crippen LogP contribution in [-0.2, 0) is 33.8 Å². The molecule has 0 spiro atoms. The quantitative estimate of drug-likeness (QED) is 0.664. The molecule has 0 atom stereocenters. The Morgan fingerprint density at radius 3 is 2.58 bits per heavy atom. The molecule has 0 aliphatic carbocycles. The van der Waals surface area contributed by atoms with Gasteiger partial charge < -0.3 is 19.5 Å². The summed E-state index contributed by atoms with van der Waals surface area (Å²) in [6.45, 7) is 2.27. The molecule has 1 aromatic rings. The van der Waals surface area contributed by atoms with E-state index in [2.05, 4.69) is 10.1 Å². The number of morpholine rings is 1. The fraction of sp³-hybridized carbons (Fsp3) is 0.500. The maximum Gasteiger partial charge on any atom is 0.332 e. The minimum Gasteiger partial charge on any atom is -0.454 e. The van der Waals surface area contributed by atoms with Crippen molar-refractivity contribution in [2.24, 2.45) is 0 Å². The van der Waals surface area contributed by atoms with Crippen LogP contribution in [0.1, 0.15) is 5.56 Å². The van der Waals surface area contributed by atoms with Gasteiger partial charge in [0.25, 0.3) is 5.91 Å². The van der Waals surface area contributed by atoms with Gasteiger partial charge >= 0.3 is 5.97 Å². The molecule has 26 heavy (non-hydrogen) atoms. The first-order chi connectivity index (χ1) is 12.3. The van der Waals surface area contributed by atoms with Gasteiger partial charge in [-0.2, -0.15) is 4.31 Å². The molecule has 0 saturated carbocycles. The standard InChI is InChI=1S/C16H22N2O7S/c1-12-3-4-13(26(21,22)18-5-7-24-8-6-18)9-14(12)17-15(19)10-25-16(20)11-23-2/h3-4,9H,5-8,10-11H2,1-2H3,(H,17,19). The van der Waals surface area contributed by atoms with Gasteiger partial charge in [-0.1, -0.05) is 6.07 Å². The minimum atomic E-state index is -3.67. The molecule has 1 N–H and O–H groups in total. The number of methoxy groups -OCH3 is 1. The van der Waals surface area contributed by atoms with Gasteiger partial charge in [-0.05, 0) is 24.6 Å². The second kappa shape index (κ2) is 9.08. The van der Waals surface area contributed by atoms with Crippen molar-refractivity contribution < 1.29 is 32.2 Å². The number of anilines is 1. The van der Waals surface area contributed by atoms with Crippen molar-refractivity contribution in [3.05, 3.63) is 23.8 Å². The number of aryl methyl sites for hydroxylation is 1. The zero-order chi connectivity index (χ0) is 19.2. The number of carbonyl (C=O) groups is 2. The molecule has 1 saturated heterocycles. The Kier molecular flexibility index (Phi) is 7.09. The van der Waals surface area contributed by atoms with Gasteiger partial charge in [0.15, 0.2) is 6.61 Å². The van der Waals surface area contributed by atoms with Crippen LogP contribution in [0.5, 0.6) is 0 Å². The Hall–Kier alpha value is -2.01. The number of nitrogens with zero attached hydrogens (tertiary/aromatic N) is 1. The van der Waals surface area contributed by atoms with Crippen molar-refractivity contribution in [1.82, 2.24) is 4.31 Å². The predicted octanol–water partition coefficient (Wildman–Crippen LogP) is 0.144. The van der Waals surface area contributed by atoms with E-state index in [0.29, 0.717) is 24.5 Å². The minimum absolute atomic E-state index is 0.0803. The van der Waals surface area contributed by atoms with Crippen LogP contribution >= 0.6 is 0 Å². The van der Waals surface area contributed by atoms with Crippen LogP contribution in [0.2, 0.25) is 0 Å². The number of benzene rings is 1. The van der Waals surface area contributed by atoms with Crippen LogP contribution in [0.25, 0.3) is 0 Å². The highest BCUT2D eigenvalue weighted by molar-refractivity contribution is 7.89. The molecule has 1 fully saturated rings. The van der Waals surface area contributed by atoms with Crippen molar-refractivity contribution in [2.75, 3.05) is 51.9 Å². The van der Waals surface area contributed by atoms with E-state index < -0.39 is 28.5 Å². The monoisotopic (exact) mass is 386 g/mol. The van der Waals surface area contributed by atoms with Crippen LogP contribution in [0.4, 0.5) is 5.69 Å². The SMILES string of the molecule is COCC(=O)OCC(=O)Nc1cc(S(=O)(=O)N2CCOCC2)ccc1C. The lowest BCUT2D eigenvalue weighted by Crippen LogP contribution is -2.40.